The number of hydrogen-bond donors (Lipinski definition) is 0. The molecular weight excluding hydrogens is 298 g/mol. The molecule has 1 aromatic rings. The van der Waals surface area contributed by atoms with Crippen molar-refractivity contribution in [2.24, 2.45) is 0 Å². The van der Waals surface area contributed by atoms with Crippen LogP contribution in [0.2, 0.25) is 0 Å². The molecule has 0 unspecified atom stereocenters. The van der Waals surface area contributed by atoms with Gasteiger partial charge in [0.25, 0.3) is 0 Å². The number of carbonyl (C=O) groups excluding carboxylic acids is 1. The van der Waals surface area contributed by atoms with Gasteiger partial charge in [-0.05, 0) is 32.1 Å². The molecule has 24 heavy (non-hydrogen) atoms. The molecule has 1 rings (SSSR count). The lowest BCUT2D eigenvalue weighted by Gasteiger charge is -2.02. The SMILES string of the molecule is CCCCCCC(=O)CCCCCn1cc(CCCCCC)nn1. The van der Waals surface area contributed by atoms with Crippen molar-refractivity contribution in [1.82, 2.24) is 15.0 Å². The van der Waals surface area contributed by atoms with Crippen LogP contribution >= 0.6 is 0 Å². The highest BCUT2D eigenvalue weighted by Crippen LogP contribution is 2.09. The Kier molecular flexibility index (Phi) is 12.3. The predicted molar refractivity (Wildman–Crippen MR) is 100 cm³/mol. The van der Waals surface area contributed by atoms with Crippen LogP contribution in [0.5, 0.6) is 0 Å². The van der Waals surface area contributed by atoms with E-state index < -0.39 is 0 Å². The number of Topliss-reactive ketones (excluding diaryl/α,β-unsaturated/α-hetero) is 1. The summed E-state index contributed by atoms with van der Waals surface area (Å²) in [6.45, 7) is 5.36. The Bertz CT molecular complexity index is 428. The zero-order valence-corrected chi connectivity index (χ0v) is 15.9. The molecule has 138 valence electrons. The van der Waals surface area contributed by atoms with E-state index in [1.54, 1.807) is 0 Å². The van der Waals surface area contributed by atoms with E-state index in [0.717, 1.165) is 57.2 Å². The lowest BCUT2D eigenvalue weighted by molar-refractivity contribution is -0.119. The smallest absolute Gasteiger partial charge is 0.132 e. The first-order valence-electron chi connectivity index (χ1n) is 10.2. The standard InChI is InChI=1S/C20H37N3O/c1-3-5-7-10-14-19-18-23(22-21-19)17-13-9-12-16-20(24)15-11-8-6-4-2/h18H,3-17H2,1-2H3. The second-order valence-electron chi connectivity index (χ2n) is 6.94. The first-order valence-corrected chi connectivity index (χ1v) is 10.2. The highest BCUT2D eigenvalue weighted by atomic mass is 16.1. The number of hydrogen-bond acceptors (Lipinski definition) is 3. The number of carbonyl (C=O) groups is 1. The number of nitrogens with zero attached hydrogens (tertiary/aromatic N) is 3. The molecule has 4 nitrogen and oxygen atoms in total. The van der Waals surface area contributed by atoms with Crippen molar-refractivity contribution in [3.05, 3.63) is 11.9 Å². The van der Waals surface area contributed by atoms with E-state index in [0.29, 0.717) is 5.78 Å². The van der Waals surface area contributed by atoms with Crippen LogP contribution in [0.4, 0.5) is 0 Å². The summed E-state index contributed by atoms with van der Waals surface area (Å²) in [5.41, 5.74) is 1.12. The Balaban J connectivity index is 2.01. The van der Waals surface area contributed by atoms with Gasteiger partial charge in [-0.3, -0.25) is 9.48 Å². The summed E-state index contributed by atoms with van der Waals surface area (Å²) in [5.74, 6) is 0.446. The average molecular weight is 336 g/mol. The first kappa shape index (κ1) is 20.9. The van der Waals surface area contributed by atoms with Gasteiger partial charge in [0, 0.05) is 25.6 Å². The maximum atomic E-state index is 11.8. The van der Waals surface area contributed by atoms with Crippen molar-refractivity contribution in [3.8, 4) is 0 Å². The summed E-state index contributed by atoms with van der Waals surface area (Å²) < 4.78 is 1.96. The maximum absolute atomic E-state index is 11.8. The fourth-order valence-corrected chi connectivity index (χ4v) is 2.94. The first-order chi connectivity index (χ1) is 11.8. The van der Waals surface area contributed by atoms with E-state index in [1.165, 1.54) is 44.9 Å². The lowest BCUT2D eigenvalue weighted by Crippen LogP contribution is -2.01. The monoisotopic (exact) mass is 335 g/mol. The van der Waals surface area contributed by atoms with Crippen LogP contribution in [0.3, 0.4) is 0 Å². The topological polar surface area (TPSA) is 47.8 Å². The molecule has 0 atom stereocenters. The minimum atomic E-state index is 0.446. The van der Waals surface area contributed by atoms with Gasteiger partial charge < -0.3 is 0 Å². The highest BCUT2D eigenvalue weighted by molar-refractivity contribution is 5.78. The van der Waals surface area contributed by atoms with Gasteiger partial charge in [0.15, 0.2) is 0 Å². The average Bonchev–Trinajstić information content (AvgIpc) is 3.03. The van der Waals surface area contributed by atoms with Crippen LogP contribution in [0, 0.1) is 0 Å². The van der Waals surface area contributed by atoms with Crippen LogP contribution in [-0.4, -0.2) is 20.8 Å². The molecule has 4 heteroatoms. The fraction of sp³-hybridized carbons (Fsp3) is 0.850. The van der Waals surface area contributed by atoms with Crippen molar-refractivity contribution in [3.63, 3.8) is 0 Å². The quantitative estimate of drug-likeness (QED) is 0.375. The van der Waals surface area contributed by atoms with E-state index in [-0.39, 0.29) is 0 Å². The normalized spacial score (nSPS) is 11.1. The van der Waals surface area contributed by atoms with Gasteiger partial charge in [-0.2, -0.15) is 0 Å². The Morgan fingerprint density at radius 2 is 1.50 bits per heavy atom. The van der Waals surface area contributed by atoms with Crippen LogP contribution < -0.4 is 0 Å². The maximum Gasteiger partial charge on any atom is 0.132 e. The molecule has 1 heterocycles. The molecule has 0 aliphatic rings. The van der Waals surface area contributed by atoms with Crippen LogP contribution in [0.15, 0.2) is 6.20 Å². The molecule has 0 amide bonds. The minimum absolute atomic E-state index is 0.446. The molecule has 0 aliphatic heterocycles. The molecule has 0 aromatic carbocycles. The third kappa shape index (κ3) is 10.6. The second kappa shape index (κ2) is 14.2. The van der Waals surface area contributed by atoms with Crippen molar-refractivity contribution >= 4 is 5.78 Å². The van der Waals surface area contributed by atoms with Gasteiger partial charge in [0.2, 0.25) is 0 Å². The Morgan fingerprint density at radius 1 is 0.875 bits per heavy atom. The molecule has 1 aromatic heterocycles. The number of aryl methyl sites for hydroxylation is 2. The van der Waals surface area contributed by atoms with Gasteiger partial charge in [0.1, 0.15) is 5.78 Å². The highest BCUT2D eigenvalue weighted by Gasteiger charge is 2.03. The van der Waals surface area contributed by atoms with Crippen molar-refractivity contribution < 1.29 is 4.79 Å². The van der Waals surface area contributed by atoms with Crippen molar-refractivity contribution in [1.29, 1.82) is 0 Å². The Morgan fingerprint density at radius 3 is 2.17 bits per heavy atom. The number of unbranched alkanes of at least 4 members (excludes halogenated alkanes) is 8. The second-order valence-corrected chi connectivity index (χ2v) is 6.94. The third-order valence-corrected chi connectivity index (χ3v) is 4.52. The molecule has 0 fully saturated rings. The van der Waals surface area contributed by atoms with Crippen LogP contribution in [0.1, 0.15) is 103 Å². The van der Waals surface area contributed by atoms with Crippen LogP contribution in [0.25, 0.3) is 0 Å². The van der Waals surface area contributed by atoms with Crippen LogP contribution in [-0.2, 0) is 17.8 Å². The summed E-state index contributed by atoms with van der Waals surface area (Å²) in [5, 5.41) is 8.45. The fourth-order valence-electron chi connectivity index (χ4n) is 2.94. The van der Waals surface area contributed by atoms with E-state index in [4.69, 9.17) is 0 Å². The number of ketones is 1. The summed E-state index contributed by atoms with van der Waals surface area (Å²) in [6.07, 6.45) is 17.7. The van der Waals surface area contributed by atoms with Gasteiger partial charge in [-0.1, -0.05) is 64.0 Å². The predicted octanol–water partition coefficient (Wildman–Crippen LogP) is 5.50. The molecular formula is C20H37N3O. The zero-order chi connectivity index (χ0) is 17.5. The molecule has 0 bridgehead atoms. The lowest BCUT2D eigenvalue weighted by atomic mass is 10.1. The van der Waals surface area contributed by atoms with Crippen molar-refractivity contribution in [2.45, 2.75) is 110 Å². The molecule has 0 spiro atoms. The van der Waals surface area contributed by atoms with Gasteiger partial charge in [-0.25, -0.2) is 0 Å². The summed E-state index contributed by atoms with van der Waals surface area (Å²) in [7, 11) is 0. The number of rotatable bonds is 16. The summed E-state index contributed by atoms with van der Waals surface area (Å²) in [6, 6.07) is 0. The summed E-state index contributed by atoms with van der Waals surface area (Å²) in [4.78, 5) is 11.8. The number of aromatic nitrogens is 3. The van der Waals surface area contributed by atoms with E-state index in [9.17, 15) is 4.79 Å². The third-order valence-electron chi connectivity index (χ3n) is 4.52. The molecule has 0 saturated heterocycles. The molecule has 0 radical (unpaired) electrons. The Hall–Kier alpha value is -1.19. The van der Waals surface area contributed by atoms with E-state index >= 15 is 0 Å². The molecule has 0 aliphatic carbocycles. The Labute approximate surface area is 148 Å². The molecule has 0 saturated carbocycles. The van der Waals surface area contributed by atoms with E-state index in [2.05, 4.69) is 30.4 Å². The van der Waals surface area contributed by atoms with Gasteiger partial charge in [-0.15, -0.1) is 5.10 Å². The largest absolute Gasteiger partial charge is 0.300 e. The van der Waals surface area contributed by atoms with Gasteiger partial charge in [0.05, 0.1) is 5.69 Å². The summed E-state index contributed by atoms with van der Waals surface area (Å²) >= 11 is 0. The van der Waals surface area contributed by atoms with Crippen molar-refractivity contribution in [2.75, 3.05) is 0 Å². The zero-order valence-electron chi connectivity index (χ0n) is 15.9. The molecule has 0 N–H and O–H groups in total. The minimum Gasteiger partial charge on any atom is -0.300 e. The van der Waals surface area contributed by atoms with Gasteiger partial charge >= 0.3 is 0 Å². The van der Waals surface area contributed by atoms with E-state index in [1.807, 2.05) is 4.68 Å².